The predicted octanol–water partition coefficient (Wildman–Crippen LogP) is 6.21. The van der Waals surface area contributed by atoms with Gasteiger partial charge in [-0.15, -0.1) is 11.3 Å². The van der Waals surface area contributed by atoms with E-state index in [4.69, 9.17) is 21.3 Å². The molecule has 0 aliphatic rings. The molecule has 156 valence electrons. The molecule has 0 aliphatic carbocycles. The molecule has 6 heteroatoms. The van der Waals surface area contributed by atoms with Crippen LogP contribution < -0.4 is 10.1 Å². The highest BCUT2D eigenvalue weighted by Gasteiger charge is 2.13. The molecule has 0 saturated carbocycles. The van der Waals surface area contributed by atoms with Gasteiger partial charge in [0.2, 0.25) is 5.91 Å². The molecule has 0 bridgehead atoms. The molecule has 3 aromatic carbocycles. The quantitative estimate of drug-likeness (QED) is 0.366. The van der Waals surface area contributed by atoms with E-state index in [1.54, 1.807) is 18.4 Å². The number of hydrogen-bond donors (Lipinski definition) is 1. The summed E-state index contributed by atoms with van der Waals surface area (Å²) in [5, 5.41) is 4.51. The molecule has 0 atom stereocenters. The van der Waals surface area contributed by atoms with Crippen LogP contribution in [0.4, 0.5) is 0 Å². The third-order valence-electron chi connectivity index (χ3n) is 4.78. The number of benzene rings is 3. The molecule has 1 aromatic heterocycles. The zero-order valence-electron chi connectivity index (χ0n) is 17.0. The molecule has 31 heavy (non-hydrogen) atoms. The van der Waals surface area contributed by atoms with Crippen LogP contribution in [0.3, 0.4) is 0 Å². The third kappa shape index (κ3) is 5.51. The Labute approximate surface area is 190 Å². The molecule has 0 unspecified atom stereocenters. The molecular weight excluding hydrogens is 428 g/mol. The van der Waals surface area contributed by atoms with Crippen molar-refractivity contribution < 1.29 is 9.53 Å². The number of carbonyl (C=O) groups is 1. The molecule has 4 rings (SSSR count). The van der Waals surface area contributed by atoms with Gasteiger partial charge in [0.1, 0.15) is 10.8 Å². The summed E-state index contributed by atoms with van der Waals surface area (Å²) < 4.78 is 6.34. The predicted molar refractivity (Wildman–Crippen MR) is 128 cm³/mol. The number of aromatic nitrogens is 1. The SMILES string of the molecule is COc1ccc(/C=C(/CC(=O)NCc2ccc(Cl)cc2)c2nc3ccccc3s2)cc1. The van der Waals surface area contributed by atoms with E-state index in [0.717, 1.165) is 37.7 Å². The van der Waals surface area contributed by atoms with Crippen LogP contribution in [-0.4, -0.2) is 18.0 Å². The van der Waals surface area contributed by atoms with Crippen LogP contribution in [0.5, 0.6) is 5.75 Å². The van der Waals surface area contributed by atoms with Crippen molar-refractivity contribution in [3.63, 3.8) is 0 Å². The average molecular weight is 449 g/mol. The molecule has 1 N–H and O–H groups in total. The van der Waals surface area contributed by atoms with Gasteiger partial charge < -0.3 is 10.1 Å². The van der Waals surface area contributed by atoms with Crippen LogP contribution in [-0.2, 0) is 11.3 Å². The highest BCUT2D eigenvalue weighted by atomic mass is 35.5. The second kappa shape index (κ2) is 9.77. The Kier molecular flexibility index (Phi) is 6.65. The summed E-state index contributed by atoms with van der Waals surface area (Å²) in [4.78, 5) is 17.5. The van der Waals surface area contributed by atoms with Crippen LogP contribution in [0.25, 0.3) is 21.9 Å². The first-order valence-electron chi connectivity index (χ1n) is 9.82. The summed E-state index contributed by atoms with van der Waals surface area (Å²) in [5.41, 5.74) is 3.80. The molecule has 0 saturated heterocycles. The Hall–Kier alpha value is -3.15. The maximum absolute atomic E-state index is 12.8. The van der Waals surface area contributed by atoms with Crippen molar-refractivity contribution in [3.05, 3.63) is 94.0 Å². The molecular formula is C25H21ClN2O2S. The summed E-state index contributed by atoms with van der Waals surface area (Å²) in [6, 6.07) is 23.2. The van der Waals surface area contributed by atoms with E-state index in [0.29, 0.717) is 11.6 Å². The minimum atomic E-state index is -0.0611. The standard InChI is InChI=1S/C25H21ClN2O2S/c1-30-21-12-8-17(9-13-21)14-19(25-28-22-4-2-3-5-23(22)31-25)15-24(29)27-16-18-6-10-20(26)11-7-18/h2-14H,15-16H2,1H3,(H,27,29)/b19-14-. The minimum absolute atomic E-state index is 0.0611. The maximum atomic E-state index is 12.8. The van der Waals surface area contributed by atoms with Gasteiger partial charge in [0, 0.05) is 11.6 Å². The molecule has 0 spiro atoms. The Bertz CT molecular complexity index is 1180. The fraction of sp³-hybridized carbons (Fsp3) is 0.120. The Balaban J connectivity index is 1.57. The number of amides is 1. The van der Waals surface area contributed by atoms with Crippen LogP contribution in [0.2, 0.25) is 5.02 Å². The second-order valence-corrected chi connectivity index (χ2v) is 8.48. The molecule has 0 fully saturated rings. The lowest BCUT2D eigenvalue weighted by molar-refractivity contribution is -0.120. The van der Waals surface area contributed by atoms with Crippen LogP contribution in [0, 0.1) is 0 Å². The number of para-hydroxylation sites is 1. The first kappa shape index (κ1) is 21.1. The maximum Gasteiger partial charge on any atom is 0.224 e. The topological polar surface area (TPSA) is 51.2 Å². The first-order chi connectivity index (χ1) is 15.1. The normalized spacial score (nSPS) is 11.5. The third-order valence-corrected chi connectivity index (χ3v) is 6.14. The summed E-state index contributed by atoms with van der Waals surface area (Å²) in [5.74, 6) is 0.730. The lowest BCUT2D eigenvalue weighted by Crippen LogP contribution is -2.22. The summed E-state index contributed by atoms with van der Waals surface area (Å²) in [6.45, 7) is 0.450. The zero-order valence-corrected chi connectivity index (χ0v) is 18.5. The number of ether oxygens (including phenoxy) is 1. The molecule has 4 aromatic rings. The monoisotopic (exact) mass is 448 g/mol. The summed E-state index contributed by atoms with van der Waals surface area (Å²) in [6.07, 6.45) is 2.25. The van der Waals surface area contributed by atoms with Gasteiger partial charge in [0.15, 0.2) is 0 Å². The summed E-state index contributed by atoms with van der Waals surface area (Å²) >= 11 is 7.52. The van der Waals surface area contributed by atoms with Gasteiger partial charge in [-0.2, -0.15) is 0 Å². The number of nitrogens with one attached hydrogen (secondary N) is 1. The highest BCUT2D eigenvalue weighted by molar-refractivity contribution is 7.19. The smallest absolute Gasteiger partial charge is 0.224 e. The van der Waals surface area contributed by atoms with Crippen LogP contribution >= 0.6 is 22.9 Å². The number of methoxy groups -OCH3 is 1. The van der Waals surface area contributed by atoms with E-state index in [1.807, 2.05) is 78.9 Å². The molecule has 1 heterocycles. The lowest BCUT2D eigenvalue weighted by Gasteiger charge is -2.08. The van der Waals surface area contributed by atoms with Gasteiger partial charge in [-0.3, -0.25) is 4.79 Å². The lowest BCUT2D eigenvalue weighted by atomic mass is 10.1. The Morgan fingerprint density at radius 1 is 1.06 bits per heavy atom. The van der Waals surface area contributed by atoms with E-state index in [2.05, 4.69) is 5.32 Å². The number of hydrogen-bond acceptors (Lipinski definition) is 4. The highest BCUT2D eigenvalue weighted by Crippen LogP contribution is 2.30. The van der Waals surface area contributed by atoms with E-state index < -0.39 is 0 Å². The van der Waals surface area contributed by atoms with Crippen molar-refractivity contribution in [2.24, 2.45) is 0 Å². The molecule has 0 radical (unpaired) electrons. The fourth-order valence-corrected chi connectivity index (χ4v) is 4.24. The van der Waals surface area contributed by atoms with Gasteiger partial charge >= 0.3 is 0 Å². The number of rotatable bonds is 7. The number of fused-ring (bicyclic) bond motifs is 1. The largest absolute Gasteiger partial charge is 0.497 e. The van der Waals surface area contributed by atoms with Crippen molar-refractivity contribution in [2.45, 2.75) is 13.0 Å². The Morgan fingerprint density at radius 3 is 2.52 bits per heavy atom. The molecule has 1 amide bonds. The van der Waals surface area contributed by atoms with Crippen molar-refractivity contribution in [3.8, 4) is 5.75 Å². The number of halogens is 1. The zero-order chi connectivity index (χ0) is 21.6. The van der Waals surface area contributed by atoms with Crippen LogP contribution in [0.15, 0.2) is 72.8 Å². The fourth-order valence-electron chi connectivity index (χ4n) is 3.14. The first-order valence-corrected chi connectivity index (χ1v) is 11.0. The van der Waals surface area contributed by atoms with E-state index in [-0.39, 0.29) is 12.3 Å². The van der Waals surface area contributed by atoms with E-state index in [9.17, 15) is 4.79 Å². The van der Waals surface area contributed by atoms with Gasteiger partial charge in [0.05, 0.1) is 23.7 Å². The van der Waals surface area contributed by atoms with Crippen LogP contribution in [0.1, 0.15) is 22.6 Å². The minimum Gasteiger partial charge on any atom is -0.497 e. The number of thiazole rings is 1. The number of nitrogens with zero attached hydrogens (tertiary/aromatic N) is 1. The second-order valence-electron chi connectivity index (χ2n) is 7.01. The van der Waals surface area contributed by atoms with E-state index in [1.165, 1.54) is 0 Å². The van der Waals surface area contributed by atoms with Crippen molar-refractivity contribution in [1.82, 2.24) is 10.3 Å². The van der Waals surface area contributed by atoms with Gasteiger partial charge in [-0.05, 0) is 59.2 Å². The Morgan fingerprint density at radius 2 is 1.81 bits per heavy atom. The molecule has 4 nitrogen and oxygen atoms in total. The number of carbonyl (C=O) groups excluding carboxylic acids is 1. The van der Waals surface area contributed by atoms with Gasteiger partial charge in [0.25, 0.3) is 0 Å². The summed E-state index contributed by atoms with van der Waals surface area (Å²) in [7, 11) is 1.64. The van der Waals surface area contributed by atoms with Crippen molar-refractivity contribution >= 4 is 50.7 Å². The van der Waals surface area contributed by atoms with Crippen molar-refractivity contribution in [2.75, 3.05) is 7.11 Å². The van der Waals surface area contributed by atoms with Gasteiger partial charge in [-0.1, -0.05) is 48.0 Å². The van der Waals surface area contributed by atoms with E-state index >= 15 is 0 Å². The van der Waals surface area contributed by atoms with Crippen molar-refractivity contribution in [1.29, 1.82) is 0 Å². The average Bonchev–Trinajstić information content (AvgIpc) is 3.23. The van der Waals surface area contributed by atoms with Gasteiger partial charge in [-0.25, -0.2) is 4.98 Å². The molecule has 0 aliphatic heterocycles.